The summed E-state index contributed by atoms with van der Waals surface area (Å²) in [6.07, 6.45) is -3.97. The molecule has 0 radical (unpaired) electrons. The molecule has 0 aromatic heterocycles. The van der Waals surface area contributed by atoms with Crippen LogP contribution in [0.15, 0.2) is 24.3 Å². The van der Waals surface area contributed by atoms with Crippen LogP contribution >= 0.6 is 0 Å². The molecular weight excluding hydrogens is 351 g/mol. The van der Waals surface area contributed by atoms with E-state index >= 15 is 0 Å². The molecule has 0 aliphatic carbocycles. The van der Waals surface area contributed by atoms with Crippen LogP contribution in [-0.4, -0.2) is 30.3 Å². The largest absolute Gasteiger partial charge is 0.416 e. The summed E-state index contributed by atoms with van der Waals surface area (Å²) in [5.74, 6) is -0.505. The molecule has 144 valence electrons. The Balaban J connectivity index is 2.48. The minimum Gasteiger partial charge on any atom is -0.345 e. The van der Waals surface area contributed by atoms with Crippen molar-refractivity contribution in [2.45, 2.75) is 39.4 Å². The zero-order chi connectivity index (χ0) is 19.9. The van der Waals surface area contributed by atoms with Crippen molar-refractivity contribution in [3.05, 3.63) is 29.8 Å². The molecule has 3 N–H and O–H groups in total. The second-order valence-corrected chi connectivity index (χ2v) is 6.24. The Morgan fingerprint density at radius 2 is 1.65 bits per heavy atom. The van der Waals surface area contributed by atoms with Crippen LogP contribution in [0.2, 0.25) is 0 Å². The second kappa shape index (κ2) is 9.21. The summed E-state index contributed by atoms with van der Waals surface area (Å²) in [4.78, 5) is 35.0. The molecule has 26 heavy (non-hydrogen) atoms. The van der Waals surface area contributed by atoms with Gasteiger partial charge < -0.3 is 16.0 Å². The molecule has 1 aromatic carbocycles. The van der Waals surface area contributed by atoms with E-state index in [-0.39, 0.29) is 23.9 Å². The Bertz CT molecular complexity index is 643. The summed E-state index contributed by atoms with van der Waals surface area (Å²) in [6, 6.07) is 2.52. The molecule has 0 bridgehead atoms. The van der Waals surface area contributed by atoms with Crippen LogP contribution in [0.3, 0.4) is 0 Å². The normalized spacial score (nSPS) is 12.4. The number of nitrogens with one attached hydrogen (secondary N) is 3. The van der Waals surface area contributed by atoms with E-state index in [1.165, 1.54) is 6.92 Å². The highest BCUT2D eigenvalue weighted by Gasteiger charge is 2.30. The van der Waals surface area contributed by atoms with E-state index in [2.05, 4.69) is 16.0 Å². The number of amides is 3. The number of hydrogen-bond donors (Lipinski definition) is 3. The maximum atomic E-state index is 12.5. The average Bonchev–Trinajstić information content (AvgIpc) is 2.51. The Morgan fingerprint density at radius 1 is 1.08 bits per heavy atom. The number of alkyl halides is 3. The smallest absolute Gasteiger partial charge is 0.345 e. The number of ketones is 1. The summed E-state index contributed by atoms with van der Waals surface area (Å²) in [5.41, 5.74) is -0.680. The first-order valence-corrected chi connectivity index (χ1v) is 8.01. The van der Waals surface area contributed by atoms with Gasteiger partial charge in [0.25, 0.3) is 0 Å². The first-order valence-electron chi connectivity index (χ1n) is 8.01. The van der Waals surface area contributed by atoms with Crippen molar-refractivity contribution >= 4 is 23.4 Å². The molecule has 3 amide bonds. The minimum absolute atomic E-state index is 0.150. The molecule has 0 aliphatic rings. The van der Waals surface area contributed by atoms with Gasteiger partial charge in [-0.15, -0.1) is 0 Å². The van der Waals surface area contributed by atoms with Crippen molar-refractivity contribution < 1.29 is 27.6 Å². The van der Waals surface area contributed by atoms with E-state index in [0.717, 1.165) is 24.3 Å². The zero-order valence-corrected chi connectivity index (χ0v) is 14.7. The van der Waals surface area contributed by atoms with E-state index in [4.69, 9.17) is 0 Å². The van der Waals surface area contributed by atoms with Gasteiger partial charge in [-0.05, 0) is 43.5 Å². The third-order valence-corrected chi connectivity index (χ3v) is 3.41. The molecular formula is C17H22F3N3O3. The van der Waals surface area contributed by atoms with Crippen LogP contribution in [0.5, 0.6) is 0 Å². The predicted molar refractivity (Wildman–Crippen MR) is 90.5 cm³/mol. The molecule has 1 aromatic rings. The third kappa shape index (κ3) is 7.54. The fraction of sp³-hybridized carbons (Fsp3) is 0.471. The molecule has 9 heteroatoms. The quantitative estimate of drug-likeness (QED) is 0.687. The summed E-state index contributed by atoms with van der Waals surface area (Å²) >= 11 is 0. The Hall–Kier alpha value is -2.58. The molecule has 0 unspecified atom stereocenters. The van der Waals surface area contributed by atoms with Gasteiger partial charge in [-0.3, -0.25) is 9.59 Å². The minimum atomic E-state index is -4.46. The number of carbonyl (C=O) groups is 3. The number of halogens is 3. The zero-order valence-electron chi connectivity index (χ0n) is 14.7. The molecule has 6 nitrogen and oxygen atoms in total. The average molecular weight is 373 g/mol. The van der Waals surface area contributed by atoms with Gasteiger partial charge in [0, 0.05) is 5.69 Å². The number of benzene rings is 1. The summed E-state index contributed by atoms with van der Waals surface area (Å²) in [6.45, 7) is 4.84. The van der Waals surface area contributed by atoms with Gasteiger partial charge in [-0.25, -0.2) is 4.79 Å². The Morgan fingerprint density at radius 3 is 2.12 bits per heavy atom. The van der Waals surface area contributed by atoms with E-state index in [0.29, 0.717) is 6.42 Å². The Kier molecular flexibility index (Phi) is 7.60. The summed E-state index contributed by atoms with van der Waals surface area (Å²) < 4.78 is 37.4. The van der Waals surface area contributed by atoms with Gasteiger partial charge in [-0.2, -0.15) is 13.2 Å². The first kappa shape index (κ1) is 21.5. The van der Waals surface area contributed by atoms with Crippen LogP contribution in [0.4, 0.5) is 23.7 Å². The molecule has 0 saturated carbocycles. The standard InChI is InChI=1S/C17H22F3N3O3/c1-10(2)8-14(11(3)24)23-15(25)9-21-16(26)22-13-6-4-12(5-7-13)17(18,19)20/h4-7,10,14H,8-9H2,1-3H3,(H,23,25)(H2,21,22,26)/t14-/m0/s1. The van der Waals surface area contributed by atoms with Crippen molar-refractivity contribution in [1.29, 1.82) is 0 Å². The number of anilines is 1. The van der Waals surface area contributed by atoms with Crippen LogP contribution in [0.1, 0.15) is 32.8 Å². The van der Waals surface area contributed by atoms with Crippen molar-refractivity contribution in [2.75, 3.05) is 11.9 Å². The highest BCUT2D eigenvalue weighted by molar-refractivity contribution is 5.93. The lowest BCUT2D eigenvalue weighted by molar-refractivity contribution is -0.137. The fourth-order valence-corrected chi connectivity index (χ4v) is 2.12. The van der Waals surface area contributed by atoms with Crippen LogP contribution in [-0.2, 0) is 15.8 Å². The van der Waals surface area contributed by atoms with Gasteiger partial charge in [0.05, 0.1) is 18.2 Å². The lowest BCUT2D eigenvalue weighted by Crippen LogP contribution is -2.46. The SMILES string of the molecule is CC(=O)[C@H](CC(C)C)NC(=O)CNC(=O)Nc1ccc(C(F)(F)F)cc1. The number of rotatable bonds is 7. The number of Topliss-reactive ketones (excluding diaryl/α,β-unsaturated/α-hetero) is 1. The highest BCUT2D eigenvalue weighted by Crippen LogP contribution is 2.29. The lowest BCUT2D eigenvalue weighted by Gasteiger charge is -2.18. The van der Waals surface area contributed by atoms with Crippen molar-refractivity contribution in [3.63, 3.8) is 0 Å². The van der Waals surface area contributed by atoms with E-state index in [1.807, 2.05) is 13.8 Å². The molecule has 1 rings (SSSR count). The van der Waals surface area contributed by atoms with Gasteiger partial charge in [0.2, 0.25) is 5.91 Å². The molecule has 0 saturated heterocycles. The molecule has 0 heterocycles. The molecule has 1 atom stereocenters. The van der Waals surface area contributed by atoms with Crippen molar-refractivity contribution in [1.82, 2.24) is 10.6 Å². The second-order valence-electron chi connectivity index (χ2n) is 6.24. The third-order valence-electron chi connectivity index (χ3n) is 3.41. The fourth-order valence-electron chi connectivity index (χ4n) is 2.12. The molecule has 0 spiro atoms. The van der Waals surface area contributed by atoms with Gasteiger partial charge in [0.15, 0.2) is 5.78 Å². The number of carbonyl (C=O) groups excluding carboxylic acids is 3. The Labute approximate surface area is 149 Å². The van der Waals surface area contributed by atoms with Crippen molar-refractivity contribution in [2.24, 2.45) is 5.92 Å². The van der Waals surface area contributed by atoms with E-state index in [9.17, 15) is 27.6 Å². The maximum absolute atomic E-state index is 12.5. The molecule has 0 aliphatic heterocycles. The highest BCUT2D eigenvalue weighted by atomic mass is 19.4. The van der Waals surface area contributed by atoms with Crippen LogP contribution < -0.4 is 16.0 Å². The summed E-state index contributed by atoms with van der Waals surface area (Å²) in [7, 11) is 0. The van der Waals surface area contributed by atoms with Gasteiger partial charge in [0.1, 0.15) is 0 Å². The maximum Gasteiger partial charge on any atom is 0.416 e. The lowest BCUT2D eigenvalue weighted by atomic mass is 10.0. The predicted octanol–water partition coefficient (Wildman–Crippen LogP) is 2.95. The first-order chi connectivity index (χ1) is 12.0. The van der Waals surface area contributed by atoms with Gasteiger partial charge >= 0.3 is 12.2 Å². The number of hydrogen-bond acceptors (Lipinski definition) is 3. The summed E-state index contributed by atoms with van der Waals surface area (Å²) in [5, 5.41) is 7.13. The van der Waals surface area contributed by atoms with Gasteiger partial charge in [-0.1, -0.05) is 13.8 Å². The van der Waals surface area contributed by atoms with Crippen LogP contribution in [0.25, 0.3) is 0 Å². The number of urea groups is 1. The van der Waals surface area contributed by atoms with E-state index < -0.39 is 29.7 Å². The van der Waals surface area contributed by atoms with Crippen molar-refractivity contribution in [3.8, 4) is 0 Å². The monoisotopic (exact) mass is 373 g/mol. The topological polar surface area (TPSA) is 87.3 Å². The van der Waals surface area contributed by atoms with Crippen LogP contribution in [0, 0.1) is 5.92 Å². The molecule has 0 fully saturated rings. The van der Waals surface area contributed by atoms with E-state index in [1.54, 1.807) is 0 Å².